The molecule has 0 aromatic heterocycles. The molecule has 0 spiro atoms. The van der Waals surface area contributed by atoms with Gasteiger partial charge >= 0.3 is 5.97 Å². The highest BCUT2D eigenvalue weighted by atomic mass is 16.4. The van der Waals surface area contributed by atoms with Crippen LogP contribution in [0.5, 0.6) is 0 Å². The molecule has 0 bridgehead atoms. The molecule has 0 aliphatic rings. The van der Waals surface area contributed by atoms with Crippen molar-refractivity contribution in [1.29, 1.82) is 0 Å². The summed E-state index contributed by atoms with van der Waals surface area (Å²) >= 11 is 0. The van der Waals surface area contributed by atoms with Crippen molar-refractivity contribution in [3.63, 3.8) is 0 Å². The average molecular weight is 268 g/mol. The third-order valence-corrected chi connectivity index (χ3v) is 2.83. The number of carboxylic acid groups (broad SMARTS) is 1. The van der Waals surface area contributed by atoms with Gasteiger partial charge < -0.3 is 10.2 Å². The Kier molecular flexibility index (Phi) is 7.30. The first-order valence-electron chi connectivity index (χ1n) is 6.44. The topological polar surface area (TPSA) is 74.6 Å². The summed E-state index contributed by atoms with van der Waals surface area (Å²) in [6.45, 7) is 6.71. The number of rotatable bonds is 8. The van der Waals surface area contributed by atoms with E-state index < -0.39 is 11.6 Å². The third-order valence-electron chi connectivity index (χ3n) is 2.83. The van der Waals surface area contributed by atoms with Crippen molar-refractivity contribution < 1.29 is 19.8 Å². The molecule has 0 saturated heterocycles. The Balaban J connectivity index is 4.10. The van der Waals surface area contributed by atoms with Crippen LogP contribution in [-0.2, 0) is 9.59 Å². The van der Waals surface area contributed by atoms with E-state index in [1.165, 1.54) is 19.9 Å². The summed E-state index contributed by atoms with van der Waals surface area (Å²) in [7, 11) is 0. The van der Waals surface area contributed by atoms with E-state index in [0.29, 0.717) is 19.3 Å². The molecule has 0 heterocycles. The number of aliphatic hydroxyl groups is 1. The molecule has 108 valence electrons. The van der Waals surface area contributed by atoms with Gasteiger partial charge in [0.05, 0.1) is 0 Å². The minimum absolute atomic E-state index is 0.165. The number of carbonyl (C=O) groups is 2. The van der Waals surface area contributed by atoms with Crippen molar-refractivity contribution >= 4 is 11.8 Å². The summed E-state index contributed by atoms with van der Waals surface area (Å²) < 4.78 is 0. The van der Waals surface area contributed by atoms with E-state index in [-0.39, 0.29) is 5.78 Å². The van der Waals surface area contributed by atoms with E-state index in [1.807, 2.05) is 13.0 Å². The van der Waals surface area contributed by atoms with Crippen molar-refractivity contribution in [3.8, 4) is 0 Å². The summed E-state index contributed by atoms with van der Waals surface area (Å²) in [5.41, 5.74) is 0.644. The number of carbonyl (C=O) groups excluding carboxylic acids is 1. The van der Waals surface area contributed by atoms with Gasteiger partial charge in [-0.2, -0.15) is 0 Å². The number of carboxylic acids is 1. The number of allylic oxidation sites excluding steroid dienone is 3. The van der Waals surface area contributed by atoms with Crippen LogP contribution in [0.3, 0.4) is 0 Å². The van der Waals surface area contributed by atoms with Gasteiger partial charge in [0.2, 0.25) is 0 Å². The third kappa shape index (κ3) is 9.19. The molecule has 0 rings (SSSR count). The number of aliphatic carboxylic acids is 1. The van der Waals surface area contributed by atoms with E-state index in [1.54, 1.807) is 6.92 Å². The van der Waals surface area contributed by atoms with Crippen LogP contribution in [-0.4, -0.2) is 27.6 Å². The molecule has 0 aliphatic heterocycles. The fourth-order valence-electron chi connectivity index (χ4n) is 1.55. The number of ketones is 1. The number of hydrogen-bond acceptors (Lipinski definition) is 3. The van der Waals surface area contributed by atoms with Gasteiger partial charge in [0.1, 0.15) is 5.60 Å². The Labute approximate surface area is 114 Å². The quantitative estimate of drug-likeness (QED) is 0.524. The zero-order chi connectivity index (χ0) is 15.1. The monoisotopic (exact) mass is 268 g/mol. The Bertz CT molecular complexity index is 383. The molecule has 4 nitrogen and oxygen atoms in total. The molecule has 0 unspecified atom stereocenters. The van der Waals surface area contributed by atoms with Gasteiger partial charge in [0.15, 0.2) is 5.78 Å². The molecule has 0 aromatic carbocycles. The predicted molar refractivity (Wildman–Crippen MR) is 74.9 cm³/mol. The van der Waals surface area contributed by atoms with Gasteiger partial charge in [0.25, 0.3) is 0 Å². The van der Waals surface area contributed by atoms with Gasteiger partial charge in [-0.3, -0.25) is 4.79 Å². The van der Waals surface area contributed by atoms with Crippen LogP contribution in [0.1, 0.15) is 53.4 Å². The highest BCUT2D eigenvalue weighted by molar-refractivity contribution is 5.86. The maximum absolute atomic E-state index is 11.5. The van der Waals surface area contributed by atoms with Crippen molar-refractivity contribution in [2.24, 2.45) is 0 Å². The molecule has 4 heteroatoms. The number of Topliss-reactive ketones (excluding diaryl/α,β-unsaturated/α-hetero) is 1. The lowest BCUT2D eigenvalue weighted by atomic mass is 9.97. The summed E-state index contributed by atoms with van der Waals surface area (Å²) in [4.78, 5) is 21.9. The normalized spacial score (nSPS) is 13.5. The first-order chi connectivity index (χ1) is 8.62. The van der Waals surface area contributed by atoms with Crippen molar-refractivity contribution in [2.75, 3.05) is 0 Å². The summed E-state index contributed by atoms with van der Waals surface area (Å²) in [5.74, 6) is -1.09. The summed E-state index contributed by atoms with van der Waals surface area (Å²) in [6, 6.07) is 0. The lowest BCUT2D eigenvalue weighted by molar-refractivity contribution is -0.134. The van der Waals surface area contributed by atoms with Gasteiger partial charge in [-0.25, -0.2) is 4.79 Å². The predicted octanol–water partition coefficient (Wildman–Crippen LogP) is 2.86. The van der Waals surface area contributed by atoms with Crippen molar-refractivity contribution in [3.05, 3.63) is 23.3 Å². The standard InChI is InChI=1S/C15H24O4/c1-11(8-9-13(16)15(3,4)19)6-5-7-12(2)10-14(17)18/h6,10,19H,5,7-9H2,1-4H3,(H,17,18)/b11-6+,12-10-. The first-order valence-corrected chi connectivity index (χ1v) is 6.44. The van der Waals surface area contributed by atoms with Crippen LogP contribution in [0.2, 0.25) is 0 Å². The molecule has 0 atom stereocenters. The smallest absolute Gasteiger partial charge is 0.328 e. The van der Waals surface area contributed by atoms with E-state index in [0.717, 1.165) is 17.6 Å². The van der Waals surface area contributed by atoms with Gasteiger partial charge in [-0.1, -0.05) is 17.2 Å². The molecule has 0 saturated carbocycles. The van der Waals surface area contributed by atoms with Crippen molar-refractivity contribution in [2.45, 2.75) is 59.0 Å². The lowest BCUT2D eigenvalue weighted by Crippen LogP contribution is -2.30. The molecule has 19 heavy (non-hydrogen) atoms. The largest absolute Gasteiger partial charge is 0.478 e. The molecule has 0 radical (unpaired) electrons. The fourth-order valence-corrected chi connectivity index (χ4v) is 1.55. The Morgan fingerprint density at radius 3 is 2.11 bits per heavy atom. The highest BCUT2D eigenvalue weighted by Gasteiger charge is 2.22. The molecular formula is C15H24O4. The lowest BCUT2D eigenvalue weighted by Gasteiger charge is -2.15. The zero-order valence-electron chi connectivity index (χ0n) is 12.2. The SMILES string of the molecule is C/C(=C/C(=O)O)CC/C=C(\C)CCC(=O)C(C)(C)O. The van der Waals surface area contributed by atoms with Crippen LogP contribution < -0.4 is 0 Å². The first kappa shape index (κ1) is 17.6. The van der Waals surface area contributed by atoms with Crippen molar-refractivity contribution in [1.82, 2.24) is 0 Å². The molecular weight excluding hydrogens is 244 g/mol. The van der Waals surface area contributed by atoms with Crippen LogP contribution in [0.25, 0.3) is 0 Å². The van der Waals surface area contributed by atoms with Crippen LogP contribution in [0.15, 0.2) is 23.3 Å². The van der Waals surface area contributed by atoms with Crippen LogP contribution >= 0.6 is 0 Å². The second-order valence-electron chi connectivity index (χ2n) is 5.40. The van der Waals surface area contributed by atoms with Gasteiger partial charge in [-0.05, 0) is 47.0 Å². The minimum atomic E-state index is -1.26. The number of hydrogen-bond donors (Lipinski definition) is 2. The summed E-state index contributed by atoms with van der Waals surface area (Å²) in [6.07, 6.45) is 5.64. The highest BCUT2D eigenvalue weighted by Crippen LogP contribution is 2.14. The molecule has 0 aromatic rings. The second kappa shape index (κ2) is 7.89. The Morgan fingerprint density at radius 1 is 1.05 bits per heavy atom. The molecule has 0 fully saturated rings. The zero-order valence-corrected chi connectivity index (χ0v) is 12.2. The Hall–Kier alpha value is -1.42. The maximum Gasteiger partial charge on any atom is 0.328 e. The van der Waals surface area contributed by atoms with E-state index in [2.05, 4.69) is 0 Å². The van der Waals surface area contributed by atoms with E-state index in [9.17, 15) is 14.7 Å². The van der Waals surface area contributed by atoms with Gasteiger partial charge in [-0.15, -0.1) is 0 Å². The maximum atomic E-state index is 11.5. The van der Waals surface area contributed by atoms with E-state index >= 15 is 0 Å². The fraction of sp³-hybridized carbons (Fsp3) is 0.600. The van der Waals surface area contributed by atoms with Crippen LogP contribution in [0.4, 0.5) is 0 Å². The Morgan fingerprint density at radius 2 is 1.63 bits per heavy atom. The average Bonchev–Trinajstić information content (AvgIpc) is 2.23. The summed E-state index contributed by atoms with van der Waals surface area (Å²) in [5, 5.41) is 18.1. The molecule has 0 aliphatic carbocycles. The molecule has 2 N–H and O–H groups in total. The molecule has 0 amide bonds. The minimum Gasteiger partial charge on any atom is -0.478 e. The second-order valence-corrected chi connectivity index (χ2v) is 5.40. The van der Waals surface area contributed by atoms with Gasteiger partial charge in [0, 0.05) is 12.5 Å². The van der Waals surface area contributed by atoms with E-state index in [4.69, 9.17) is 5.11 Å². The van der Waals surface area contributed by atoms with Crippen LogP contribution in [0, 0.1) is 0 Å².